The van der Waals surface area contributed by atoms with Gasteiger partial charge in [0.05, 0.1) is 0 Å². The van der Waals surface area contributed by atoms with Crippen LogP contribution in [-0.4, -0.2) is 0 Å². The molecule has 0 amide bonds. The maximum atomic E-state index is 2.12. The fraction of sp³-hybridized carbons (Fsp3) is 0.222. The van der Waals surface area contributed by atoms with Gasteiger partial charge < -0.3 is 0 Å². The molecule has 0 spiro atoms. The number of allylic oxidation sites excluding steroid dienone is 2. The van der Waals surface area contributed by atoms with Gasteiger partial charge in [0.1, 0.15) is 0 Å². The molecule has 0 N–H and O–H groups in total. The summed E-state index contributed by atoms with van der Waals surface area (Å²) in [6.45, 7) is 3.00. The normalized spacial score (nSPS) is 10.5. The molecule has 0 aliphatic heterocycles. The van der Waals surface area contributed by atoms with Crippen LogP contribution in [0, 0.1) is 0 Å². The summed E-state index contributed by atoms with van der Waals surface area (Å²) >= 11 is 0. The Labute approximate surface area is 61.6 Å². The summed E-state index contributed by atoms with van der Waals surface area (Å²) in [5.41, 5.74) is 0. The van der Waals surface area contributed by atoms with Crippen molar-refractivity contribution in [2.45, 2.75) is 13.5 Å². The minimum absolute atomic E-state index is 0.970. The van der Waals surface area contributed by atoms with Crippen molar-refractivity contribution in [2.24, 2.45) is 0 Å². The van der Waals surface area contributed by atoms with Crippen LogP contribution < -0.4 is 4.57 Å². The molecule has 0 aliphatic carbocycles. The van der Waals surface area contributed by atoms with Crippen molar-refractivity contribution < 1.29 is 4.57 Å². The van der Waals surface area contributed by atoms with E-state index in [0.717, 1.165) is 6.54 Å². The minimum atomic E-state index is 0.970. The SMILES string of the molecule is C/C=C/C[n+]1ccccc1. The molecule has 52 valence electrons. The summed E-state index contributed by atoms with van der Waals surface area (Å²) in [6.07, 6.45) is 8.29. The fourth-order valence-electron chi connectivity index (χ4n) is 0.783. The zero-order chi connectivity index (χ0) is 7.23. The van der Waals surface area contributed by atoms with Crippen LogP contribution in [0.3, 0.4) is 0 Å². The van der Waals surface area contributed by atoms with Crippen molar-refractivity contribution in [3.63, 3.8) is 0 Å². The van der Waals surface area contributed by atoms with Crippen LogP contribution >= 0.6 is 0 Å². The Morgan fingerprint density at radius 1 is 1.20 bits per heavy atom. The second kappa shape index (κ2) is 3.83. The molecular weight excluding hydrogens is 122 g/mol. The summed E-state index contributed by atoms with van der Waals surface area (Å²) in [5.74, 6) is 0. The first kappa shape index (κ1) is 7.00. The Morgan fingerprint density at radius 2 is 1.90 bits per heavy atom. The topological polar surface area (TPSA) is 3.88 Å². The van der Waals surface area contributed by atoms with E-state index in [9.17, 15) is 0 Å². The fourth-order valence-corrected chi connectivity index (χ4v) is 0.783. The lowest BCUT2D eigenvalue weighted by atomic mass is 10.4. The van der Waals surface area contributed by atoms with Gasteiger partial charge in [-0.15, -0.1) is 0 Å². The average molecular weight is 134 g/mol. The van der Waals surface area contributed by atoms with E-state index >= 15 is 0 Å². The predicted octanol–water partition coefficient (Wildman–Crippen LogP) is 1.55. The van der Waals surface area contributed by atoms with Gasteiger partial charge in [-0.05, 0) is 13.0 Å². The van der Waals surface area contributed by atoms with Gasteiger partial charge in [0.25, 0.3) is 0 Å². The third-order valence-electron chi connectivity index (χ3n) is 1.33. The van der Waals surface area contributed by atoms with E-state index in [2.05, 4.69) is 29.1 Å². The highest BCUT2D eigenvalue weighted by molar-refractivity contribution is 4.84. The lowest BCUT2D eigenvalue weighted by Gasteiger charge is -1.87. The smallest absolute Gasteiger partial charge is 0.169 e. The van der Waals surface area contributed by atoms with Crippen molar-refractivity contribution >= 4 is 0 Å². The molecule has 0 atom stereocenters. The predicted molar refractivity (Wildman–Crippen MR) is 41.5 cm³/mol. The molecule has 1 aromatic heterocycles. The Hall–Kier alpha value is -1.11. The first-order chi connectivity index (χ1) is 4.93. The molecule has 1 heteroatoms. The maximum Gasteiger partial charge on any atom is 0.169 e. The molecule has 1 aromatic rings. The van der Waals surface area contributed by atoms with Crippen LogP contribution in [0.2, 0.25) is 0 Å². The zero-order valence-electron chi connectivity index (χ0n) is 6.20. The quantitative estimate of drug-likeness (QED) is 0.427. The molecule has 0 unspecified atom stereocenters. The van der Waals surface area contributed by atoms with Gasteiger partial charge in [-0.3, -0.25) is 0 Å². The third kappa shape index (κ3) is 2.02. The second-order valence-electron chi connectivity index (χ2n) is 2.14. The number of aromatic nitrogens is 1. The molecule has 0 aromatic carbocycles. The van der Waals surface area contributed by atoms with Gasteiger partial charge in [-0.2, -0.15) is 0 Å². The van der Waals surface area contributed by atoms with E-state index in [0.29, 0.717) is 0 Å². The van der Waals surface area contributed by atoms with E-state index < -0.39 is 0 Å². The van der Waals surface area contributed by atoms with Crippen molar-refractivity contribution in [2.75, 3.05) is 0 Å². The first-order valence-electron chi connectivity index (χ1n) is 3.48. The van der Waals surface area contributed by atoms with Gasteiger partial charge in [0, 0.05) is 12.1 Å². The summed E-state index contributed by atoms with van der Waals surface area (Å²) < 4.78 is 2.12. The molecule has 0 aliphatic rings. The van der Waals surface area contributed by atoms with E-state index in [1.165, 1.54) is 0 Å². The summed E-state index contributed by atoms with van der Waals surface area (Å²) in [6, 6.07) is 6.08. The third-order valence-corrected chi connectivity index (χ3v) is 1.33. The van der Waals surface area contributed by atoms with E-state index in [4.69, 9.17) is 0 Å². The molecule has 0 saturated heterocycles. The summed E-state index contributed by atoms with van der Waals surface area (Å²) in [4.78, 5) is 0. The molecule has 0 bridgehead atoms. The molecule has 0 fully saturated rings. The maximum absolute atomic E-state index is 2.12. The summed E-state index contributed by atoms with van der Waals surface area (Å²) in [5, 5.41) is 0. The largest absolute Gasteiger partial charge is 0.201 e. The highest BCUT2D eigenvalue weighted by Crippen LogP contribution is 1.77. The van der Waals surface area contributed by atoms with Crippen molar-refractivity contribution in [3.05, 3.63) is 42.7 Å². The minimum Gasteiger partial charge on any atom is -0.201 e. The summed E-state index contributed by atoms with van der Waals surface area (Å²) in [7, 11) is 0. The Morgan fingerprint density at radius 3 is 2.50 bits per heavy atom. The van der Waals surface area contributed by atoms with Crippen LogP contribution in [0.15, 0.2) is 42.7 Å². The number of rotatable bonds is 2. The van der Waals surface area contributed by atoms with Crippen LogP contribution in [0.1, 0.15) is 6.92 Å². The highest BCUT2D eigenvalue weighted by atomic mass is 14.9. The molecule has 1 heterocycles. The zero-order valence-corrected chi connectivity index (χ0v) is 6.20. The van der Waals surface area contributed by atoms with Crippen molar-refractivity contribution in [3.8, 4) is 0 Å². The van der Waals surface area contributed by atoms with E-state index in [1.807, 2.05) is 25.1 Å². The van der Waals surface area contributed by atoms with Crippen LogP contribution in [0.5, 0.6) is 0 Å². The number of hydrogen-bond acceptors (Lipinski definition) is 0. The Balaban J connectivity index is 2.59. The van der Waals surface area contributed by atoms with Crippen LogP contribution in [0.25, 0.3) is 0 Å². The molecule has 0 radical (unpaired) electrons. The lowest BCUT2D eigenvalue weighted by molar-refractivity contribution is -0.687. The van der Waals surface area contributed by atoms with Crippen LogP contribution in [0.4, 0.5) is 0 Å². The van der Waals surface area contributed by atoms with E-state index in [-0.39, 0.29) is 0 Å². The monoisotopic (exact) mass is 134 g/mol. The highest BCUT2D eigenvalue weighted by Gasteiger charge is 1.89. The van der Waals surface area contributed by atoms with Gasteiger partial charge >= 0.3 is 0 Å². The molecule has 1 nitrogen and oxygen atoms in total. The lowest BCUT2D eigenvalue weighted by Crippen LogP contribution is -2.30. The van der Waals surface area contributed by atoms with Crippen molar-refractivity contribution in [1.29, 1.82) is 0 Å². The van der Waals surface area contributed by atoms with Gasteiger partial charge in [0.2, 0.25) is 0 Å². The van der Waals surface area contributed by atoms with Gasteiger partial charge in [0.15, 0.2) is 18.9 Å². The van der Waals surface area contributed by atoms with Crippen molar-refractivity contribution in [1.82, 2.24) is 0 Å². The number of pyridine rings is 1. The van der Waals surface area contributed by atoms with Crippen LogP contribution in [-0.2, 0) is 6.54 Å². The average Bonchev–Trinajstić information content (AvgIpc) is 2.03. The standard InChI is InChI=1S/C9H12N/c1-2-3-7-10-8-5-4-6-9-10/h2-6,8-9H,7H2,1H3/q+1/b3-2+. The molecular formula is C9H12N+. The second-order valence-corrected chi connectivity index (χ2v) is 2.14. The number of nitrogens with zero attached hydrogens (tertiary/aromatic N) is 1. The Bertz CT molecular complexity index is 201. The molecule has 1 rings (SSSR count). The molecule has 10 heavy (non-hydrogen) atoms. The first-order valence-corrected chi connectivity index (χ1v) is 3.48. The van der Waals surface area contributed by atoms with E-state index in [1.54, 1.807) is 0 Å². The van der Waals surface area contributed by atoms with Gasteiger partial charge in [-0.25, -0.2) is 4.57 Å². The number of hydrogen-bond donors (Lipinski definition) is 0. The van der Waals surface area contributed by atoms with Gasteiger partial charge in [-0.1, -0.05) is 12.1 Å². The Kier molecular flexibility index (Phi) is 2.68. The molecule has 0 saturated carbocycles.